The zero-order chi connectivity index (χ0) is 16.1. The van der Waals surface area contributed by atoms with Crippen LogP contribution >= 0.6 is 11.3 Å². The second kappa shape index (κ2) is 7.74. The van der Waals surface area contributed by atoms with Crippen LogP contribution in [0, 0.1) is 5.92 Å². The summed E-state index contributed by atoms with van der Waals surface area (Å²) in [5.74, 6) is 0.00788. The third-order valence-electron chi connectivity index (χ3n) is 4.06. The van der Waals surface area contributed by atoms with E-state index in [9.17, 15) is 14.7 Å². The molecule has 1 aliphatic heterocycles. The van der Waals surface area contributed by atoms with Crippen molar-refractivity contribution in [2.75, 3.05) is 13.1 Å². The van der Waals surface area contributed by atoms with Gasteiger partial charge in [0, 0.05) is 13.1 Å². The van der Waals surface area contributed by atoms with Gasteiger partial charge in [0.25, 0.3) is 5.91 Å². The first-order valence-corrected chi connectivity index (χ1v) is 8.69. The molecule has 1 aromatic heterocycles. The number of amides is 2. The maximum Gasteiger partial charge on any atom is 0.264 e. The summed E-state index contributed by atoms with van der Waals surface area (Å²) >= 11 is 1.40. The molecule has 5 nitrogen and oxygen atoms in total. The van der Waals surface area contributed by atoms with E-state index in [-0.39, 0.29) is 23.8 Å². The van der Waals surface area contributed by atoms with Crippen molar-refractivity contribution in [3.63, 3.8) is 0 Å². The molecule has 2 heterocycles. The number of carbonyl (C=O) groups is 2. The molecule has 0 saturated carbocycles. The van der Waals surface area contributed by atoms with E-state index in [4.69, 9.17) is 0 Å². The molecule has 1 saturated heterocycles. The van der Waals surface area contributed by atoms with Crippen molar-refractivity contribution >= 4 is 23.2 Å². The highest BCUT2D eigenvalue weighted by molar-refractivity contribution is 7.12. The van der Waals surface area contributed by atoms with Gasteiger partial charge < -0.3 is 15.3 Å². The number of nitrogens with zero attached hydrogens (tertiary/aromatic N) is 1. The monoisotopic (exact) mass is 324 g/mol. The number of thiophene rings is 1. The molecule has 0 bridgehead atoms. The van der Waals surface area contributed by atoms with Crippen molar-refractivity contribution < 1.29 is 14.7 Å². The smallest absolute Gasteiger partial charge is 0.264 e. The predicted molar refractivity (Wildman–Crippen MR) is 86.8 cm³/mol. The Morgan fingerprint density at radius 3 is 2.91 bits per heavy atom. The Hall–Kier alpha value is -1.40. The van der Waals surface area contributed by atoms with Gasteiger partial charge in [-0.1, -0.05) is 19.9 Å². The largest absolute Gasteiger partial charge is 0.393 e. The standard InChI is InChI=1S/C16H24N2O3S/c1-11(2)13(19)7-8-17-15(20)12-5-3-9-18(12)16(21)14-6-4-10-22-14/h4,6,10-13,19H,3,5,7-9H2,1-2H3,(H,17,20)/t12-,13?/m0/s1. The van der Waals surface area contributed by atoms with Crippen LogP contribution < -0.4 is 5.32 Å². The van der Waals surface area contributed by atoms with Gasteiger partial charge in [-0.05, 0) is 36.6 Å². The summed E-state index contributed by atoms with van der Waals surface area (Å²) in [6.45, 7) is 4.97. The lowest BCUT2D eigenvalue weighted by molar-refractivity contribution is -0.124. The Labute approximate surface area is 135 Å². The number of rotatable bonds is 6. The third kappa shape index (κ3) is 4.08. The second-order valence-corrected chi connectivity index (χ2v) is 6.97. The molecule has 22 heavy (non-hydrogen) atoms. The molecule has 1 aromatic rings. The van der Waals surface area contributed by atoms with Gasteiger partial charge in [0.2, 0.25) is 5.91 Å². The van der Waals surface area contributed by atoms with Gasteiger partial charge in [0.15, 0.2) is 0 Å². The van der Waals surface area contributed by atoms with Crippen LogP contribution in [0.1, 0.15) is 42.8 Å². The summed E-state index contributed by atoms with van der Waals surface area (Å²) in [6, 6.07) is 3.25. The van der Waals surface area contributed by atoms with E-state index in [0.717, 1.165) is 6.42 Å². The molecule has 1 unspecified atom stereocenters. The molecule has 0 radical (unpaired) electrons. The summed E-state index contributed by atoms with van der Waals surface area (Å²) in [7, 11) is 0. The molecular formula is C16H24N2O3S. The lowest BCUT2D eigenvalue weighted by Gasteiger charge is -2.24. The average Bonchev–Trinajstić information content (AvgIpc) is 3.17. The third-order valence-corrected chi connectivity index (χ3v) is 4.92. The van der Waals surface area contributed by atoms with Crippen LogP contribution in [0.3, 0.4) is 0 Å². The first kappa shape index (κ1) is 17.0. The van der Waals surface area contributed by atoms with Crippen LogP contribution in [-0.2, 0) is 4.79 Å². The first-order chi connectivity index (χ1) is 10.5. The van der Waals surface area contributed by atoms with Gasteiger partial charge in [-0.25, -0.2) is 0 Å². The van der Waals surface area contributed by atoms with Gasteiger partial charge in [0.05, 0.1) is 11.0 Å². The summed E-state index contributed by atoms with van der Waals surface area (Å²) in [4.78, 5) is 27.1. The Balaban J connectivity index is 1.87. The molecule has 1 fully saturated rings. The van der Waals surface area contributed by atoms with Gasteiger partial charge in [-0.3, -0.25) is 9.59 Å². The van der Waals surface area contributed by atoms with E-state index in [2.05, 4.69) is 5.32 Å². The fraction of sp³-hybridized carbons (Fsp3) is 0.625. The highest BCUT2D eigenvalue weighted by Gasteiger charge is 2.34. The van der Waals surface area contributed by atoms with E-state index in [1.165, 1.54) is 11.3 Å². The van der Waals surface area contributed by atoms with E-state index < -0.39 is 6.10 Å². The summed E-state index contributed by atoms with van der Waals surface area (Å²) in [6.07, 6.45) is 1.68. The van der Waals surface area contributed by atoms with Crippen molar-refractivity contribution in [1.29, 1.82) is 0 Å². The normalized spacial score (nSPS) is 19.5. The lowest BCUT2D eigenvalue weighted by atomic mass is 10.0. The van der Waals surface area contributed by atoms with Crippen molar-refractivity contribution in [3.8, 4) is 0 Å². The fourth-order valence-electron chi connectivity index (χ4n) is 2.62. The van der Waals surface area contributed by atoms with Crippen molar-refractivity contribution in [3.05, 3.63) is 22.4 Å². The summed E-state index contributed by atoms with van der Waals surface area (Å²) in [5.41, 5.74) is 0. The maximum atomic E-state index is 12.4. The molecule has 6 heteroatoms. The maximum absolute atomic E-state index is 12.4. The predicted octanol–water partition coefficient (Wildman–Crippen LogP) is 1.88. The van der Waals surface area contributed by atoms with E-state index in [1.807, 2.05) is 25.3 Å². The van der Waals surface area contributed by atoms with Crippen molar-refractivity contribution in [2.45, 2.75) is 45.3 Å². The number of hydrogen-bond donors (Lipinski definition) is 2. The molecule has 2 rings (SSSR count). The molecule has 0 aliphatic carbocycles. The molecule has 0 spiro atoms. The SMILES string of the molecule is CC(C)C(O)CCNC(=O)[C@@H]1CCCN1C(=O)c1cccs1. The topological polar surface area (TPSA) is 69.6 Å². The van der Waals surface area contributed by atoms with Crippen LogP contribution in [-0.4, -0.2) is 47.1 Å². The van der Waals surface area contributed by atoms with Crippen LogP contribution in [0.15, 0.2) is 17.5 Å². The Morgan fingerprint density at radius 2 is 2.27 bits per heavy atom. The highest BCUT2D eigenvalue weighted by atomic mass is 32.1. The zero-order valence-corrected chi connectivity index (χ0v) is 13.9. The number of aliphatic hydroxyl groups is 1. The lowest BCUT2D eigenvalue weighted by Crippen LogP contribution is -2.46. The summed E-state index contributed by atoms with van der Waals surface area (Å²) < 4.78 is 0. The van der Waals surface area contributed by atoms with Crippen LogP contribution in [0.25, 0.3) is 0 Å². The molecular weight excluding hydrogens is 300 g/mol. The minimum Gasteiger partial charge on any atom is -0.393 e. The minimum absolute atomic E-state index is 0.0603. The quantitative estimate of drug-likeness (QED) is 0.839. The molecule has 122 valence electrons. The second-order valence-electron chi connectivity index (χ2n) is 6.02. The van der Waals surface area contributed by atoms with Gasteiger partial charge in [0.1, 0.15) is 6.04 Å². The van der Waals surface area contributed by atoms with Crippen LogP contribution in [0.4, 0.5) is 0 Å². The van der Waals surface area contributed by atoms with Gasteiger partial charge in [-0.2, -0.15) is 0 Å². The van der Waals surface area contributed by atoms with Crippen LogP contribution in [0.2, 0.25) is 0 Å². The number of nitrogens with one attached hydrogen (secondary N) is 1. The van der Waals surface area contributed by atoms with E-state index in [0.29, 0.717) is 30.8 Å². The number of hydrogen-bond acceptors (Lipinski definition) is 4. The zero-order valence-electron chi connectivity index (χ0n) is 13.1. The number of likely N-dealkylation sites (tertiary alicyclic amines) is 1. The minimum atomic E-state index is -0.410. The Kier molecular flexibility index (Phi) is 5.97. The molecule has 2 atom stereocenters. The van der Waals surface area contributed by atoms with Crippen molar-refractivity contribution in [2.24, 2.45) is 5.92 Å². The highest BCUT2D eigenvalue weighted by Crippen LogP contribution is 2.22. The molecule has 2 amide bonds. The fourth-order valence-corrected chi connectivity index (χ4v) is 3.30. The Morgan fingerprint density at radius 1 is 1.50 bits per heavy atom. The Bertz CT molecular complexity index is 501. The van der Waals surface area contributed by atoms with Crippen LogP contribution in [0.5, 0.6) is 0 Å². The molecule has 0 aromatic carbocycles. The number of aliphatic hydroxyl groups excluding tert-OH is 1. The van der Waals surface area contributed by atoms with Gasteiger partial charge >= 0.3 is 0 Å². The average molecular weight is 324 g/mol. The first-order valence-electron chi connectivity index (χ1n) is 7.81. The van der Waals surface area contributed by atoms with E-state index >= 15 is 0 Å². The van der Waals surface area contributed by atoms with E-state index in [1.54, 1.807) is 11.0 Å². The van der Waals surface area contributed by atoms with Gasteiger partial charge in [-0.15, -0.1) is 11.3 Å². The van der Waals surface area contributed by atoms with Crippen molar-refractivity contribution in [1.82, 2.24) is 10.2 Å². The molecule has 2 N–H and O–H groups in total. The molecule has 1 aliphatic rings. The summed E-state index contributed by atoms with van der Waals surface area (Å²) in [5, 5.41) is 14.5. The number of carbonyl (C=O) groups excluding carboxylic acids is 2.